The van der Waals surface area contributed by atoms with Crippen molar-refractivity contribution in [3.05, 3.63) is 88.7 Å². The van der Waals surface area contributed by atoms with Crippen molar-refractivity contribution in [1.82, 2.24) is 9.21 Å². The second kappa shape index (κ2) is 11.3. The van der Waals surface area contributed by atoms with E-state index in [1.54, 1.807) is 34.5 Å². The zero-order valence-electron chi connectivity index (χ0n) is 22.9. The largest absolute Gasteiger partial charge is 0.495 e. The summed E-state index contributed by atoms with van der Waals surface area (Å²) in [5.41, 5.74) is 2.26. The first-order chi connectivity index (χ1) is 19.8. The Bertz CT molecular complexity index is 1530. The summed E-state index contributed by atoms with van der Waals surface area (Å²) in [4.78, 5) is 17.5. The minimum Gasteiger partial charge on any atom is -0.495 e. The quantitative estimate of drug-likeness (QED) is 0.373. The Morgan fingerprint density at radius 3 is 2.24 bits per heavy atom. The van der Waals surface area contributed by atoms with Crippen molar-refractivity contribution >= 4 is 33.2 Å². The summed E-state index contributed by atoms with van der Waals surface area (Å²) in [6.07, 6.45) is 3.28. The number of hydrogen-bond acceptors (Lipinski definition) is 5. The maximum absolute atomic E-state index is 13.8. The molecule has 3 aliphatic heterocycles. The van der Waals surface area contributed by atoms with Crippen molar-refractivity contribution in [3.8, 4) is 5.75 Å². The van der Waals surface area contributed by atoms with Gasteiger partial charge >= 0.3 is 0 Å². The third-order valence-corrected chi connectivity index (χ3v) is 10.9. The summed E-state index contributed by atoms with van der Waals surface area (Å²) in [6, 6.07) is 19.2. The fourth-order valence-corrected chi connectivity index (χ4v) is 8.37. The van der Waals surface area contributed by atoms with E-state index >= 15 is 0 Å². The van der Waals surface area contributed by atoms with E-state index in [-0.39, 0.29) is 33.5 Å². The molecule has 0 saturated carbocycles. The van der Waals surface area contributed by atoms with Gasteiger partial charge in [-0.25, -0.2) is 12.8 Å². The minimum absolute atomic E-state index is 0.00889. The highest BCUT2D eigenvalue weighted by Gasteiger charge is 2.43. The van der Waals surface area contributed by atoms with Gasteiger partial charge < -0.3 is 14.5 Å². The van der Waals surface area contributed by atoms with E-state index in [1.807, 2.05) is 18.2 Å². The van der Waals surface area contributed by atoms with Gasteiger partial charge in [-0.15, -0.1) is 0 Å². The molecule has 0 aliphatic carbocycles. The van der Waals surface area contributed by atoms with Crippen molar-refractivity contribution in [2.24, 2.45) is 0 Å². The average Bonchev–Trinajstić information content (AvgIpc) is 3.25. The van der Waals surface area contributed by atoms with Crippen molar-refractivity contribution in [1.29, 1.82) is 0 Å². The number of piperidine rings is 1. The number of hydrogen-bond donors (Lipinski definition) is 0. The van der Waals surface area contributed by atoms with E-state index in [2.05, 4.69) is 17.0 Å². The third kappa shape index (κ3) is 5.31. The number of halogens is 2. The van der Waals surface area contributed by atoms with Crippen molar-refractivity contribution in [2.45, 2.75) is 48.6 Å². The van der Waals surface area contributed by atoms with Gasteiger partial charge in [-0.05, 0) is 73.6 Å². The monoisotopic (exact) mass is 597 g/mol. The van der Waals surface area contributed by atoms with Crippen LogP contribution in [0.15, 0.2) is 71.6 Å². The molecule has 7 nitrogen and oxygen atoms in total. The molecule has 3 aromatic carbocycles. The molecule has 1 amide bonds. The molecule has 2 atom stereocenters. The number of carbonyl (C=O) groups is 1. The number of fused-ring (bicyclic) bond motifs is 2. The smallest absolute Gasteiger partial charge is 0.255 e. The standard InChI is InChI=1S/C31H33ClFN3O4S/c1-40-30-12-10-26(41(38,39)35-15-13-22(14-16-35)21-5-3-2-4-6-21)18-29(30)36-24-8-9-25(36)20-34(19-24)31(37)27-11-7-23(33)17-28(27)32/h2-7,10-12,17-18,22,24-25H,8-9,13-16,19-20H2,1H3/t24-,25+. The normalized spacial score (nSPS) is 21.7. The highest BCUT2D eigenvalue weighted by atomic mass is 35.5. The van der Waals surface area contributed by atoms with Gasteiger partial charge in [0.25, 0.3) is 5.91 Å². The second-order valence-corrected chi connectivity index (χ2v) is 13.4. The molecule has 3 fully saturated rings. The Morgan fingerprint density at radius 1 is 0.927 bits per heavy atom. The van der Waals surface area contributed by atoms with Gasteiger partial charge in [-0.3, -0.25) is 4.79 Å². The zero-order chi connectivity index (χ0) is 28.7. The highest BCUT2D eigenvalue weighted by Crippen LogP contribution is 2.42. The van der Waals surface area contributed by atoms with Crippen LogP contribution in [0.1, 0.15) is 47.5 Å². The molecule has 0 unspecified atom stereocenters. The lowest BCUT2D eigenvalue weighted by atomic mass is 9.90. The minimum atomic E-state index is -3.70. The number of piperazine rings is 1. The van der Waals surface area contributed by atoms with E-state index in [4.69, 9.17) is 16.3 Å². The molecule has 41 heavy (non-hydrogen) atoms. The van der Waals surface area contributed by atoms with Crippen molar-refractivity contribution in [3.63, 3.8) is 0 Å². The SMILES string of the molecule is COc1ccc(S(=O)(=O)N2CCC(c3ccccc3)CC2)cc1N1[C@@H]2CC[C@H]1CN(C(=O)c1ccc(F)cc1Cl)C2. The summed E-state index contributed by atoms with van der Waals surface area (Å²) >= 11 is 6.18. The number of rotatable bonds is 6. The number of sulfonamides is 1. The van der Waals surface area contributed by atoms with Crippen LogP contribution in [0.4, 0.5) is 10.1 Å². The Balaban J connectivity index is 1.21. The molecule has 3 saturated heterocycles. The van der Waals surface area contributed by atoms with Crippen LogP contribution in [-0.2, 0) is 10.0 Å². The first kappa shape index (κ1) is 28.0. The van der Waals surface area contributed by atoms with E-state index in [1.165, 1.54) is 17.7 Å². The first-order valence-electron chi connectivity index (χ1n) is 14.0. The lowest BCUT2D eigenvalue weighted by Crippen LogP contribution is -2.55. The summed E-state index contributed by atoms with van der Waals surface area (Å²) < 4.78 is 48.4. The van der Waals surface area contributed by atoms with E-state index < -0.39 is 15.8 Å². The molecule has 3 aliphatic rings. The first-order valence-corrected chi connectivity index (χ1v) is 15.8. The van der Waals surface area contributed by atoms with Gasteiger partial charge in [0.05, 0.1) is 28.3 Å². The van der Waals surface area contributed by atoms with Crippen LogP contribution in [0.5, 0.6) is 5.75 Å². The number of carbonyl (C=O) groups excluding carboxylic acids is 1. The van der Waals surface area contributed by atoms with E-state index in [9.17, 15) is 17.6 Å². The molecule has 0 radical (unpaired) electrons. The molecule has 3 aromatic rings. The lowest BCUT2D eigenvalue weighted by Gasteiger charge is -2.43. The Labute approximate surface area is 245 Å². The molecular formula is C31H33ClFN3O4S. The summed E-state index contributed by atoms with van der Waals surface area (Å²) in [5, 5.41) is 0.0946. The summed E-state index contributed by atoms with van der Waals surface area (Å²) in [7, 11) is -2.11. The summed E-state index contributed by atoms with van der Waals surface area (Å²) in [6.45, 7) is 1.86. The number of methoxy groups -OCH3 is 1. The van der Waals surface area contributed by atoms with Crippen molar-refractivity contribution < 1.29 is 22.3 Å². The average molecular weight is 598 g/mol. The van der Waals surface area contributed by atoms with Crippen LogP contribution in [0, 0.1) is 5.82 Å². The highest BCUT2D eigenvalue weighted by molar-refractivity contribution is 7.89. The van der Waals surface area contributed by atoms with Crippen LogP contribution in [0.25, 0.3) is 0 Å². The Morgan fingerprint density at radius 2 is 1.61 bits per heavy atom. The predicted molar refractivity (Wildman–Crippen MR) is 157 cm³/mol. The van der Waals surface area contributed by atoms with Gasteiger partial charge in [0.2, 0.25) is 10.0 Å². The van der Waals surface area contributed by atoms with Gasteiger partial charge in [-0.2, -0.15) is 4.31 Å². The number of anilines is 1. The Hall–Kier alpha value is -3.14. The van der Waals surface area contributed by atoms with Gasteiger partial charge in [0, 0.05) is 38.3 Å². The van der Waals surface area contributed by atoms with E-state index in [0.717, 1.165) is 37.4 Å². The second-order valence-electron chi connectivity index (χ2n) is 11.0. The number of amides is 1. The molecule has 3 heterocycles. The van der Waals surface area contributed by atoms with Gasteiger partial charge in [-0.1, -0.05) is 41.9 Å². The molecule has 0 spiro atoms. The van der Waals surface area contributed by atoms with Gasteiger partial charge in [0.1, 0.15) is 11.6 Å². The van der Waals surface area contributed by atoms with Crippen LogP contribution in [-0.4, -0.2) is 68.9 Å². The fraction of sp³-hybridized carbons (Fsp3) is 0.387. The molecule has 0 N–H and O–H groups in total. The fourth-order valence-electron chi connectivity index (χ4n) is 6.63. The lowest BCUT2D eigenvalue weighted by molar-refractivity contribution is 0.0718. The number of nitrogens with zero attached hydrogens (tertiary/aromatic N) is 3. The molecule has 6 rings (SSSR count). The third-order valence-electron chi connectivity index (χ3n) is 8.72. The van der Waals surface area contributed by atoms with Gasteiger partial charge in [0.15, 0.2) is 0 Å². The Kier molecular flexibility index (Phi) is 7.70. The number of likely N-dealkylation sites (tertiary alicyclic amines) is 1. The van der Waals surface area contributed by atoms with Crippen LogP contribution < -0.4 is 9.64 Å². The van der Waals surface area contributed by atoms with Crippen LogP contribution in [0.3, 0.4) is 0 Å². The summed E-state index contributed by atoms with van der Waals surface area (Å²) in [5.74, 6) is 0.242. The molecule has 2 bridgehead atoms. The zero-order valence-corrected chi connectivity index (χ0v) is 24.5. The maximum Gasteiger partial charge on any atom is 0.255 e. The van der Waals surface area contributed by atoms with Crippen LogP contribution >= 0.6 is 11.6 Å². The van der Waals surface area contributed by atoms with Crippen LogP contribution in [0.2, 0.25) is 5.02 Å². The predicted octanol–water partition coefficient (Wildman–Crippen LogP) is 5.55. The molecule has 0 aromatic heterocycles. The maximum atomic E-state index is 13.8. The molecule has 10 heteroatoms. The molecular weight excluding hydrogens is 565 g/mol. The molecule has 216 valence electrons. The van der Waals surface area contributed by atoms with Crippen molar-refractivity contribution in [2.75, 3.05) is 38.2 Å². The van der Waals surface area contributed by atoms with E-state index in [0.29, 0.717) is 37.8 Å². The topological polar surface area (TPSA) is 70.2 Å². The number of ether oxygens (including phenoxy) is 1. The number of benzene rings is 3.